The number of rotatable bonds is 7. The van der Waals surface area contributed by atoms with Gasteiger partial charge in [-0.3, -0.25) is 10.2 Å². The summed E-state index contributed by atoms with van der Waals surface area (Å²) in [4.78, 5) is 15.7. The Labute approximate surface area is 203 Å². The zero-order valence-electron chi connectivity index (χ0n) is 18.5. The molecule has 0 unspecified atom stereocenters. The molecule has 1 fully saturated rings. The van der Waals surface area contributed by atoms with Crippen molar-refractivity contribution in [2.24, 2.45) is 0 Å². The molecule has 3 aromatic rings. The maximum Gasteiger partial charge on any atom is 0.286 e. The predicted molar refractivity (Wildman–Crippen MR) is 133 cm³/mol. The second-order valence-electron chi connectivity index (χ2n) is 8.04. The van der Waals surface area contributed by atoms with Crippen molar-refractivity contribution in [3.05, 3.63) is 56.5 Å². The number of nitrogens with one attached hydrogen (secondary N) is 1. The van der Waals surface area contributed by atoms with Gasteiger partial charge in [0.1, 0.15) is 0 Å². The van der Waals surface area contributed by atoms with Crippen LogP contribution in [0.1, 0.15) is 60.5 Å². The molecule has 1 amide bonds. The average Bonchev–Trinajstić information content (AvgIpc) is 3.39. The van der Waals surface area contributed by atoms with Crippen LogP contribution in [-0.4, -0.2) is 33.8 Å². The molecule has 0 atom stereocenters. The quantitative estimate of drug-likeness (QED) is 0.408. The molecular weight excluding hydrogens is 463 g/mol. The van der Waals surface area contributed by atoms with Crippen LogP contribution in [0.5, 0.6) is 0 Å². The van der Waals surface area contributed by atoms with E-state index in [1.807, 2.05) is 15.8 Å². The Morgan fingerprint density at radius 3 is 2.59 bits per heavy atom. The smallest absolute Gasteiger partial charge is 0.283 e. The first-order chi connectivity index (χ1) is 15.5. The molecular formula is C24H28Cl2N4OS. The number of hydrogen-bond donors (Lipinski definition) is 1. The summed E-state index contributed by atoms with van der Waals surface area (Å²) in [6.07, 6.45) is 6.20. The van der Waals surface area contributed by atoms with Crippen LogP contribution in [0.3, 0.4) is 0 Å². The van der Waals surface area contributed by atoms with Gasteiger partial charge in [-0.2, -0.15) is 5.10 Å². The second kappa shape index (κ2) is 10.4. The summed E-state index contributed by atoms with van der Waals surface area (Å²) in [6, 6.07) is 9.65. The summed E-state index contributed by atoms with van der Waals surface area (Å²) in [7, 11) is 0. The Morgan fingerprint density at radius 1 is 1.12 bits per heavy atom. The molecule has 2 aromatic heterocycles. The lowest BCUT2D eigenvalue weighted by atomic mass is 10.1. The lowest BCUT2D eigenvalue weighted by Gasteiger charge is -2.26. The van der Waals surface area contributed by atoms with Crippen molar-refractivity contribution < 1.29 is 4.79 Å². The van der Waals surface area contributed by atoms with Gasteiger partial charge in [0.15, 0.2) is 5.69 Å². The van der Waals surface area contributed by atoms with Gasteiger partial charge in [0.25, 0.3) is 5.91 Å². The molecule has 1 N–H and O–H groups in total. The Hall–Kier alpha value is -1.86. The highest BCUT2D eigenvalue weighted by Crippen LogP contribution is 2.37. The van der Waals surface area contributed by atoms with E-state index < -0.39 is 0 Å². The number of benzene rings is 1. The monoisotopic (exact) mass is 490 g/mol. The van der Waals surface area contributed by atoms with Crippen molar-refractivity contribution in [3.8, 4) is 16.3 Å². The molecule has 1 saturated heterocycles. The Bertz CT molecular complexity index is 1100. The molecule has 5 nitrogen and oxygen atoms in total. The minimum atomic E-state index is -0.167. The van der Waals surface area contributed by atoms with Crippen molar-refractivity contribution >= 4 is 40.4 Å². The zero-order valence-corrected chi connectivity index (χ0v) is 20.8. The third-order valence-corrected chi connectivity index (χ3v) is 7.39. The summed E-state index contributed by atoms with van der Waals surface area (Å²) in [5.41, 5.74) is 6.08. The SMILES string of the molecule is CCCc1ccc(-c2c(CC)c(C(=O)NN3CCCCC3)nn2-c2ccc(Cl)cc2Cl)s1. The van der Waals surface area contributed by atoms with Crippen molar-refractivity contribution in [2.45, 2.75) is 52.4 Å². The number of aromatic nitrogens is 2. The first kappa shape index (κ1) is 23.3. The van der Waals surface area contributed by atoms with Crippen molar-refractivity contribution in [1.82, 2.24) is 20.2 Å². The lowest BCUT2D eigenvalue weighted by molar-refractivity contribution is 0.0743. The number of piperidine rings is 1. The van der Waals surface area contributed by atoms with E-state index in [0.29, 0.717) is 27.8 Å². The number of thiophene rings is 1. The van der Waals surface area contributed by atoms with Crippen LogP contribution in [0.2, 0.25) is 10.0 Å². The van der Waals surface area contributed by atoms with Crippen molar-refractivity contribution in [2.75, 3.05) is 13.1 Å². The van der Waals surface area contributed by atoms with Gasteiger partial charge in [-0.05, 0) is 56.0 Å². The number of hydrazine groups is 1. The molecule has 0 saturated carbocycles. The van der Waals surface area contributed by atoms with E-state index in [1.54, 1.807) is 23.5 Å². The number of aryl methyl sites for hydroxylation is 1. The number of carbonyl (C=O) groups excluding carboxylic acids is 1. The molecule has 0 aliphatic carbocycles. The molecule has 1 aromatic carbocycles. The predicted octanol–water partition coefficient (Wildman–Crippen LogP) is 6.55. The fraction of sp³-hybridized carbons (Fsp3) is 0.417. The number of nitrogens with zero attached hydrogens (tertiary/aromatic N) is 3. The maximum absolute atomic E-state index is 13.3. The van der Waals surface area contributed by atoms with E-state index in [9.17, 15) is 4.79 Å². The van der Waals surface area contributed by atoms with E-state index in [-0.39, 0.29) is 5.91 Å². The van der Waals surface area contributed by atoms with Gasteiger partial charge in [-0.25, -0.2) is 9.69 Å². The Morgan fingerprint density at radius 2 is 1.91 bits per heavy atom. The fourth-order valence-electron chi connectivity index (χ4n) is 4.14. The van der Waals surface area contributed by atoms with Crippen LogP contribution in [-0.2, 0) is 12.8 Å². The zero-order chi connectivity index (χ0) is 22.7. The largest absolute Gasteiger partial charge is 0.286 e. The van der Waals surface area contributed by atoms with Gasteiger partial charge in [0, 0.05) is 28.6 Å². The first-order valence-electron chi connectivity index (χ1n) is 11.2. The highest BCUT2D eigenvalue weighted by molar-refractivity contribution is 7.15. The number of carbonyl (C=O) groups is 1. The lowest BCUT2D eigenvalue weighted by Crippen LogP contribution is -2.45. The third-order valence-electron chi connectivity index (χ3n) is 5.70. The molecule has 0 spiro atoms. The average molecular weight is 491 g/mol. The van der Waals surface area contributed by atoms with E-state index in [2.05, 4.69) is 31.4 Å². The van der Waals surface area contributed by atoms with Gasteiger partial charge >= 0.3 is 0 Å². The number of amides is 1. The molecule has 0 bridgehead atoms. The molecule has 1 aliphatic rings. The van der Waals surface area contributed by atoms with Gasteiger partial charge in [0.05, 0.1) is 21.3 Å². The van der Waals surface area contributed by atoms with Gasteiger partial charge in [-0.15, -0.1) is 11.3 Å². The topological polar surface area (TPSA) is 50.2 Å². The fourth-order valence-corrected chi connectivity index (χ4v) is 5.79. The van der Waals surface area contributed by atoms with E-state index in [0.717, 1.165) is 54.9 Å². The van der Waals surface area contributed by atoms with Gasteiger partial charge < -0.3 is 0 Å². The molecule has 1 aliphatic heterocycles. The molecule has 3 heterocycles. The minimum Gasteiger partial charge on any atom is -0.283 e. The second-order valence-corrected chi connectivity index (χ2v) is 10.1. The molecule has 8 heteroatoms. The summed E-state index contributed by atoms with van der Waals surface area (Å²) in [6.45, 7) is 5.98. The Balaban J connectivity index is 1.82. The van der Waals surface area contributed by atoms with Gasteiger partial charge in [0.2, 0.25) is 0 Å². The molecule has 0 radical (unpaired) electrons. The highest BCUT2D eigenvalue weighted by Gasteiger charge is 2.27. The van der Waals surface area contributed by atoms with Crippen LogP contribution in [0.4, 0.5) is 0 Å². The van der Waals surface area contributed by atoms with E-state index in [4.69, 9.17) is 28.3 Å². The Kier molecular flexibility index (Phi) is 7.56. The summed E-state index contributed by atoms with van der Waals surface area (Å²) < 4.78 is 1.81. The summed E-state index contributed by atoms with van der Waals surface area (Å²) in [5, 5.41) is 7.86. The third kappa shape index (κ3) is 4.88. The van der Waals surface area contributed by atoms with Crippen LogP contribution < -0.4 is 5.43 Å². The van der Waals surface area contributed by atoms with E-state index in [1.165, 1.54) is 11.3 Å². The van der Waals surface area contributed by atoms with Crippen LogP contribution in [0, 0.1) is 0 Å². The minimum absolute atomic E-state index is 0.167. The number of halogens is 2. The summed E-state index contributed by atoms with van der Waals surface area (Å²) in [5.74, 6) is -0.167. The van der Waals surface area contributed by atoms with E-state index >= 15 is 0 Å². The van der Waals surface area contributed by atoms with Crippen LogP contribution in [0.25, 0.3) is 16.3 Å². The van der Waals surface area contributed by atoms with Crippen molar-refractivity contribution in [3.63, 3.8) is 0 Å². The number of hydrogen-bond acceptors (Lipinski definition) is 4. The highest BCUT2D eigenvalue weighted by atomic mass is 35.5. The normalized spacial score (nSPS) is 14.6. The summed E-state index contributed by atoms with van der Waals surface area (Å²) >= 11 is 14.5. The first-order valence-corrected chi connectivity index (χ1v) is 12.8. The van der Waals surface area contributed by atoms with Crippen LogP contribution in [0.15, 0.2) is 30.3 Å². The van der Waals surface area contributed by atoms with Gasteiger partial charge in [-0.1, -0.05) is 49.9 Å². The molecule has 4 rings (SSSR count). The molecule has 32 heavy (non-hydrogen) atoms. The van der Waals surface area contributed by atoms with Crippen LogP contribution >= 0.6 is 34.5 Å². The van der Waals surface area contributed by atoms with Crippen molar-refractivity contribution in [1.29, 1.82) is 0 Å². The maximum atomic E-state index is 13.3. The molecule has 170 valence electrons. The standard InChI is InChI=1S/C24H28Cl2N4OS/c1-3-8-17-10-12-21(32-17)23-18(4-2)22(24(31)28-29-13-6-5-7-14-29)27-30(23)20-11-9-16(25)15-19(20)26/h9-12,15H,3-8,13-14H2,1-2H3,(H,28,31).